The first kappa shape index (κ1) is 14.3. The van der Waals surface area contributed by atoms with Crippen LogP contribution in [0.2, 0.25) is 0 Å². The van der Waals surface area contributed by atoms with Gasteiger partial charge in [-0.3, -0.25) is 4.90 Å². The molecule has 3 aliphatic rings. The van der Waals surface area contributed by atoms with Crippen molar-refractivity contribution in [2.45, 2.75) is 38.1 Å². The SMILES string of the molecule is C1CCC(OCC2=NOC(CN3CCOCC3)C2)OC1. The minimum atomic E-state index is -0.0512. The highest BCUT2D eigenvalue weighted by molar-refractivity contribution is 5.86. The molecule has 0 aromatic rings. The van der Waals surface area contributed by atoms with E-state index in [1.54, 1.807) is 0 Å². The lowest BCUT2D eigenvalue weighted by Gasteiger charge is -2.28. The molecule has 0 aromatic carbocycles. The molecule has 3 heterocycles. The Morgan fingerprint density at radius 3 is 2.90 bits per heavy atom. The summed E-state index contributed by atoms with van der Waals surface area (Å²) in [5.41, 5.74) is 0.998. The fraction of sp³-hybridized carbons (Fsp3) is 0.929. The molecule has 0 aromatic heterocycles. The zero-order chi connectivity index (χ0) is 13.6. The second-order valence-electron chi connectivity index (χ2n) is 5.61. The van der Waals surface area contributed by atoms with Crippen LogP contribution in [-0.2, 0) is 19.0 Å². The topological polar surface area (TPSA) is 52.5 Å². The van der Waals surface area contributed by atoms with Crippen molar-refractivity contribution in [3.05, 3.63) is 0 Å². The summed E-state index contributed by atoms with van der Waals surface area (Å²) in [6.45, 7) is 5.89. The monoisotopic (exact) mass is 284 g/mol. The number of hydrogen-bond donors (Lipinski definition) is 0. The summed E-state index contributed by atoms with van der Waals surface area (Å²) in [5.74, 6) is 0. The Hall–Kier alpha value is -0.690. The van der Waals surface area contributed by atoms with Crippen LogP contribution >= 0.6 is 0 Å². The molecular formula is C14H24N2O4. The molecule has 3 rings (SSSR count). The van der Waals surface area contributed by atoms with E-state index in [-0.39, 0.29) is 12.4 Å². The number of ether oxygens (including phenoxy) is 3. The van der Waals surface area contributed by atoms with Gasteiger partial charge in [-0.1, -0.05) is 5.16 Å². The van der Waals surface area contributed by atoms with Gasteiger partial charge in [0.15, 0.2) is 6.29 Å². The van der Waals surface area contributed by atoms with Gasteiger partial charge in [-0.25, -0.2) is 0 Å². The molecule has 0 spiro atoms. The molecule has 114 valence electrons. The van der Waals surface area contributed by atoms with Gasteiger partial charge in [0.05, 0.1) is 25.5 Å². The van der Waals surface area contributed by atoms with Crippen LogP contribution in [0.25, 0.3) is 0 Å². The van der Waals surface area contributed by atoms with Crippen molar-refractivity contribution in [1.29, 1.82) is 0 Å². The third-order valence-electron chi connectivity index (χ3n) is 3.93. The van der Waals surface area contributed by atoms with Crippen LogP contribution in [0.15, 0.2) is 5.16 Å². The van der Waals surface area contributed by atoms with E-state index in [0.29, 0.717) is 6.61 Å². The van der Waals surface area contributed by atoms with Crippen LogP contribution in [0.4, 0.5) is 0 Å². The van der Waals surface area contributed by atoms with Crippen LogP contribution in [-0.4, -0.2) is 69.1 Å². The Bertz CT molecular complexity index is 325. The molecule has 0 radical (unpaired) electrons. The van der Waals surface area contributed by atoms with Crippen molar-refractivity contribution in [3.8, 4) is 0 Å². The minimum Gasteiger partial charge on any atom is -0.391 e. The minimum absolute atomic E-state index is 0.0512. The first-order chi connectivity index (χ1) is 9.90. The molecule has 6 heteroatoms. The maximum atomic E-state index is 5.74. The molecule has 0 bridgehead atoms. The predicted molar refractivity (Wildman–Crippen MR) is 73.7 cm³/mol. The van der Waals surface area contributed by atoms with Gasteiger partial charge in [-0.15, -0.1) is 0 Å². The second kappa shape index (κ2) is 7.36. The van der Waals surface area contributed by atoms with E-state index in [4.69, 9.17) is 19.0 Å². The van der Waals surface area contributed by atoms with E-state index in [9.17, 15) is 0 Å². The van der Waals surface area contributed by atoms with Crippen LogP contribution < -0.4 is 0 Å². The third-order valence-corrected chi connectivity index (χ3v) is 3.93. The highest BCUT2D eigenvalue weighted by Gasteiger charge is 2.25. The number of hydrogen-bond acceptors (Lipinski definition) is 6. The van der Waals surface area contributed by atoms with Crippen molar-refractivity contribution in [2.75, 3.05) is 46.1 Å². The Balaban J connectivity index is 1.33. The fourth-order valence-electron chi connectivity index (χ4n) is 2.77. The Morgan fingerprint density at radius 1 is 1.20 bits per heavy atom. The molecule has 2 unspecified atom stereocenters. The van der Waals surface area contributed by atoms with E-state index < -0.39 is 0 Å². The number of morpholine rings is 1. The molecule has 0 aliphatic carbocycles. The summed E-state index contributed by atoms with van der Waals surface area (Å²) < 4.78 is 16.6. The average Bonchev–Trinajstić information content (AvgIpc) is 2.95. The van der Waals surface area contributed by atoms with Gasteiger partial charge >= 0.3 is 0 Å². The molecule has 0 saturated carbocycles. The summed E-state index contributed by atoms with van der Waals surface area (Å²) >= 11 is 0. The van der Waals surface area contributed by atoms with E-state index >= 15 is 0 Å². The van der Waals surface area contributed by atoms with E-state index in [0.717, 1.165) is 64.4 Å². The molecule has 2 atom stereocenters. The summed E-state index contributed by atoms with van der Waals surface area (Å²) in [5, 5.41) is 4.15. The maximum absolute atomic E-state index is 5.74. The molecule has 2 fully saturated rings. The smallest absolute Gasteiger partial charge is 0.158 e. The Morgan fingerprint density at radius 2 is 2.10 bits per heavy atom. The van der Waals surface area contributed by atoms with Gasteiger partial charge in [0, 0.05) is 32.7 Å². The number of nitrogens with zero attached hydrogens (tertiary/aromatic N) is 2. The van der Waals surface area contributed by atoms with Crippen molar-refractivity contribution in [2.24, 2.45) is 5.16 Å². The second-order valence-corrected chi connectivity index (χ2v) is 5.61. The molecular weight excluding hydrogens is 260 g/mol. The first-order valence-electron chi connectivity index (χ1n) is 7.65. The molecule has 3 aliphatic heterocycles. The Labute approximate surface area is 120 Å². The van der Waals surface area contributed by atoms with E-state index in [1.165, 1.54) is 6.42 Å². The molecule has 20 heavy (non-hydrogen) atoms. The summed E-state index contributed by atoms with van der Waals surface area (Å²) in [4.78, 5) is 7.87. The average molecular weight is 284 g/mol. The molecule has 0 N–H and O–H groups in total. The highest BCUT2D eigenvalue weighted by atomic mass is 16.7. The summed E-state index contributed by atoms with van der Waals surface area (Å²) in [6, 6.07) is 0. The van der Waals surface area contributed by atoms with Crippen molar-refractivity contribution >= 4 is 5.71 Å². The van der Waals surface area contributed by atoms with Gasteiger partial charge in [0.25, 0.3) is 0 Å². The highest BCUT2D eigenvalue weighted by Crippen LogP contribution is 2.17. The van der Waals surface area contributed by atoms with Crippen LogP contribution in [0.1, 0.15) is 25.7 Å². The molecule has 2 saturated heterocycles. The predicted octanol–water partition coefficient (Wildman–Crippen LogP) is 1.01. The van der Waals surface area contributed by atoms with Gasteiger partial charge in [-0.05, 0) is 19.3 Å². The lowest BCUT2D eigenvalue weighted by atomic mass is 10.1. The zero-order valence-corrected chi connectivity index (χ0v) is 12.0. The lowest BCUT2D eigenvalue weighted by Crippen LogP contribution is -2.41. The Kier molecular flexibility index (Phi) is 5.24. The fourth-order valence-corrected chi connectivity index (χ4v) is 2.77. The van der Waals surface area contributed by atoms with Crippen molar-refractivity contribution < 1.29 is 19.0 Å². The summed E-state index contributed by atoms with van der Waals surface area (Å²) in [6.07, 6.45) is 4.30. The van der Waals surface area contributed by atoms with Gasteiger partial charge < -0.3 is 19.0 Å². The van der Waals surface area contributed by atoms with Gasteiger partial charge in [-0.2, -0.15) is 0 Å². The molecule has 6 nitrogen and oxygen atoms in total. The number of oxime groups is 1. The van der Waals surface area contributed by atoms with E-state index in [2.05, 4.69) is 10.1 Å². The first-order valence-corrected chi connectivity index (χ1v) is 7.65. The molecule has 0 amide bonds. The quantitative estimate of drug-likeness (QED) is 0.754. The standard InChI is InChI=1S/C14H24N2O4/c1-2-6-18-14(3-1)19-11-12-9-13(20-15-12)10-16-4-7-17-8-5-16/h13-14H,1-11H2. The van der Waals surface area contributed by atoms with Crippen molar-refractivity contribution in [1.82, 2.24) is 4.90 Å². The largest absolute Gasteiger partial charge is 0.391 e. The van der Waals surface area contributed by atoms with Crippen molar-refractivity contribution in [3.63, 3.8) is 0 Å². The maximum Gasteiger partial charge on any atom is 0.158 e. The van der Waals surface area contributed by atoms with E-state index in [1.807, 2.05) is 0 Å². The third kappa shape index (κ3) is 4.15. The van der Waals surface area contributed by atoms with Crippen LogP contribution in [0.3, 0.4) is 0 Å². The zero-order valence-electron chi connectivity index (χ0n) is 12.0. The van der Waals surface area contributed by atoms with Crippen LogP contribution in [0.5, 0.6) is 0 Å². The number of rotatable bonds is 5. The lowest BCUT2D eigenvalue weighted by molar-refractivity contribution is -0.153. The summed E-state index contributed by atoms with van der Waals surface area (Å²) in [7, 11) is 0. The van der Waals surface area contributed by atoms with Gasteiger partial charge in [0.1, 0.15) is 6.10 Å². The van der Waals surface area contributed by atoms with Crippen LogP contribution in [0, 0.1) is 0 Å². The van der Waals surface area contributed by atoms with Gasteiger partial charge in [0.2, 0.25) is 0 Å². The normalized spacial score (nSPS) is 31.9.